The van der Waals surface area contributed by atoms with Gasteiger partial charge in [0.2, 0.25) is 0 Å². The van der Waals surface area contributed by atoms with Gasteiger partial charge in [-0.05, 0) is 14.0 Å². The summed E-state index contributed by atoms with van der Waals surface area (Å²) >= 11 is 1.22. The summed E-state index contributed by atoms with van der Waals surface area (Å²) in [5, 5.41) is 4.94. The molecule has 0 spiro atoms. The van der Waals surface area contributed by atoms with E-state index in [9.17, 15) is 8.42 Å². The third-order valence-corrected chi connectivity index (χ3v) is 4.48. The lowest BCUT2D eigenvalue weighted by Gasteiger charge is -2.02. The second-order valence-electron chi connectivity index (χ2n) is 3.61. The van der Waals surface area contributed by atoms with E-state index >= 15 is 0 Å². The molecule has 0 radical (unpaired) electrons. The highest BCUT2D eigenvalue weighted by Crippen LogP contribution is 2.23. The van der Waals surface area contributed by atoms with Crippen LogP contribution in [0.4, 0.5) is 5.13 Å². The van der Waals surface area contributed by atoms with Gasteiger partial charge in [-0.3, -0.25) is 4.72 Å². The second kappa shape index (κ2) is 5.09. The molecule has 0 atom stereocenters. The van der Waals surface area contributed by atoms with Crippen LogP contribution in [0.2, 0.25) is 0 Å². The molecule has 8 heteroatoms. The molecule has 0 aromatic carbocycles. The molecule has 98 valence electrons. The fourth-order valence-corrected chi connectivity index (χ4v) is 3.49. The Hall–Kier alpha value is -1.38. The van der Waals surface area contributed by atoms with Crippen LogP contribution in [0.1, 0.15) is 11.5 Å². The summed E-state index contributed by atoms with van der Waals surface area (Å²) in [6, 6.07) is 1.52. The fourth-order valence-electron chi connectivity index (χ4n) is 1.50. The molecule has 2 aromatic heterocycles. The maximum Gasteiger partial charge on any atom is 0.267 e. The van der Waals surface area contributed by atoms with Gasteiger partial charge in [0.05, 0.1) is 6.54 Å². The molecular weight excluding hydrogens is 274 g/mol. The van der Waals surface area contributed by atoms with Crippen LogP contribution in [0.3, 0.4) is 0 Å². The van der Waals surface area contributed by atoms with Crippen molar-refractivity contribution in [2.24, 2.45) is 0 Å². The molecule has 0 aliphatic heterocycles. The van der Waals surface area contributed by atoms with Crippen LogP contribution in [0, 0.1) is 6.92 Å². The topological polar surface area (TPSA) is 84.2 Å². The van der Waals surface area contributed by atoms with E-state index in [2.05, 4.69) is 15.0 Å². The lowest BCUT2D eigenvalue weighted by Crippen LogP contribution is -2.13. The van der Waals surface area contributed by atoms with Gasteiger partial charge < -0.3 is 9.73 Å². The van der Waals surface area contributed by atoms with Gasteiger partial charge in [0.25, 0.3) is 10.0 Å². The van der Waals surface area contributed by atoms with Crippen molar-refractivity contribution in [2.45, 2.75) is 18.4 Å². The molecule has 0 saturated heterocycles. The van der Waals surface area contributed by atoms with Crippen molar-refractivity contribution in [1.29, 1.82) is 0 Å². The van der Waals surface area contributed by atoms with Gasteiger partial charge in [-0.25, -0.2) is 13.4 Å². The van der Waals surface area contributed by atoms with Gasteiger partial charge in [-0.1, -0.05) is 0 Å². The van der Waals surface area contributed by atoms with Crippen molar-refractivity contribution < 1.29 is 12.8 Å². The molecule has 0 bridgehead atoms. The van der Waals surface area contributed by atoms with Crippen LogP contribution >= 0.6 is 11.3 Å². The predicted octanol–water partition coefficient (Wildman–Crippen LogP) is 1.56. The van der Waals surface area contributed by atoms with Crippen molar-refractivity contribution in [3.05, 3.63) is 29.2 Å². The summed E-state index contributed by atoms with van der Waals surface area (Å²) in [4.78, 5) is 4.03. The van der Waals surface area contributed by atoms with Crippen LogP contribution in [-0.4, -0.2) is 20.4 Å². The average molecular weight is 287 g/mol. The molecule has 18 heavy (non-hydrogen) atoms. The number of rotatable bonds is 5. The van der Waals surface area contributed by atoms with E-state index in [0.717, 1.165) is 0 Å². The van der Waals surface area contributed by atoms with Gasteiger partial charge in [0, 0.05) is 17.6 Å². The summed E-state index contributed by atoms with van der Waals surface area (Å²) in [5.41, 5.74) is 0. The highest BCUT2D eigenvalue weighted by Gasteiger charge is 2.22. The van der Waals surface area contributed by atoms with Crippen LogP contribution in [0.25, 0.3) is 0 Å². The number of anilines is 1. The summed E-state index contributed by atoms with van der Waals surface area (Å²) in [6.07, 6.45) is 1.54. The smallest absolute Gasteiger partial charge is 0.267 e. The summed E-state index contributed by atoms with van der Waals surface area (Å²) in [7, 11) is -1.87. The van der Waals surface area contributed by atoms with Crippen molar-refractivity contribution in [1.82, 2.24) is 10.3 Å². The largest absolute Gasteiger partial charge is 0.464 e. The minimum atomic E-state index is -3.64. The first-order valence-electron chi connectivity index (χ1n) is 5.19. The Bertz CT molecular complexity index is 617. The van der Waals surface area contributed by atoms with Crippen LogP contribution in [0.5, 0.6) is 0 Å². The van der Waals surface area contributed by atoms with Gasteiger partial charge in [-0.15, -0.1) is 11.3 Å². The second-order valence-corrected chi connectivity index (χ2v) is 6.15. The number of sulfonamides is 1. The number of furan rings is 1. The van der Waals surface area contributed by atoms with Crippen LogP contribution in [0.15, 0.2) is 27.0 Å². The van der Waals surface area contributed by atoms with Gasteiger partial charge >= 0.3 is 0 Å². The molecule has 2 aromatic rings. The quantitative estimate of drug-likeness (QED) is 0.872. The Kier molecular flexibility index (Phi) is 3.69. The van der Waals surface area contributed by atoms with Crippen molar-refractivity contribution in [3.8, 4) is 0 Å². The van der Waals surface area contributed by atoms with E-state index in [1.54, 1.807) is 19.4 Å². The zero-order valence-electron chi connectivity index (χ0n) is 9.93. The van der Waals surface area contributed by atoms with E-state index in [0.29, 0.717) is 23.2 Å². The average Bonchev–Trinajstić information content (AvgIpc) is 2.88. The lowest BCUT2D eigenvalue weighted by atomic mass is 10.4. The molecular formula is C10H13N3O3S2. The molecule has 0 aliphatic carbocycles. The number of nitrogens with zero attached hydrogens (tertiary/aromatic N) is 1. The molecule has 0 fully saturated rings. The molecule has 0 amide bonds. The highest BCUT2D eigenvalue weighted by molar-refractivity contribution is 7.93. The molecule has 2 heterocycles. The van der Waals surface area contributed by atoms with E-state index in [-0.39, 0.29) is 4.90 Å². The standard InChI is InChI=1S/C10H13N3O3S2/c1-7-9(5-8(16-7)6-11-2)18(14,15)13-10-12-3-4-17-10/h3-5,11H,6H2,1-2H3,(H,12,13). The lowest BCUT2D eigenvalue weighted by molar-refractivity contribution is 0.466. The fraction of sp³-hybridized carbons (Fsp3) is 0.300. The zero-order valence-corrected chi connectivity index (χ0v) is 11.6. The van der Waals surface area contributed by atoms with Gasteiger partial charge in [-0.2, -0.15) is 0 Å². The minimum Gasteiger partial charge on any atom is -0.464 e. The van der Waals surface area contributed by atoms with E-state index < -0.39 is 10.0 Å². The number of thiazole rings is 1. The number of aromatic nitrogens is 1. The first kappa shape index (κ1) is 13.1. The third kappa shape index (κ3) is 2.71. The van der Waals surface area contributed by atoms with Crippen molar-refractivity contribution >= 4 is 26.5 Å². The van der Waals surface area contributed by atoms with Gasteiger partial charge in [0.1, 0.15) is 16.4 Å². The SMILES string of the molecule is CNCc1cc(S(=O)(=O)Nc2nccs2)c(C)o1. The number of hydrogen-bond donors (Lipinski definition) is 2. The zero-order chi connectivity index (χ0) is 13.2. The van der Waals surface area contributed by atoms with Crippen molar-refractivity contribution in [2.75, 3.05) is 11.8 Å². The molecule has 2 rings (SSSR count). The Labute approximate surface area is 109 Å². The van der Waals surface area contributed by atoms with E-state index in [4.69, 9.17) is 4.42 Å². The number of nitrogens with one attached hydrogen (secondary N) is 2. The number of aryl methyl sites for hydroxylation is 1. The minimum absolute atomic E-state index is 0.142. The predicted molar refractivity (Wildman–Crippen MR) is 69.1 cm³/mol. The normalized spacial score (nSPS) is 11.7. The Balaban J connectivity index is 2.29. The Morgan fingerprint density at radius 2 is 2.28 bits per heavy atom. The Morgan fingerprint density at radius 3 is 2.89 bits per heavy atom. The highest BCUT2D eigenvalue weighted by atomic mass is 32.2. The summed E-state index contributed by atoms with van der Waals surface area (Å²) in [5.74, 6) is 0.943. The molecule has 0 saturated carbocycles. The van der Waals surface area contributed by atoms with Crippen molar-refractivity contribution in [3.63, 3.8) is 0 Å². The molecule has 0 unspecified atom stereocenters. The van der Waals surface area contributed by atoms with E-state index in [1.807, 2.05) is 0 Å². The van der Waals surface area contributed by atoms with E-state index in [1.165, 1.54) is 23.6 Å². The Morgan fingerprint density at radius 1 is 1.50 bits per heavy atom. The summed E-state index contributed by atoms with van der Waals surface area (Å²) in [6.45, 7) is 2.10. The maximum absolute atomic E-state index is 12.1. The monoisotopic (exact) mass is 287 g/mol. The number of hydrogen-bond acceptors (Lipinski definition) is 6. The van der Waals surface area contributed by atoms with Gasteiger partial charge in [0.15, 0.2) is 5.13 Å². The molecule has 2 N–H and O–H groups in total. The van der Waals surface area contributed by atoms with Crippen LogP contribution < -0.4 is 10.0 Å². The van der Waals surface area contributed by atoms with Crippen LogP contribution in [-0.2, 0) is 16.6 Å². The summed E-state index contributed by atoms with van der Waals surface area (Å²) < 4.78 is 32.0. The first-order valence-corrected chi connectivity index (χ1v) is 7.55. The first-order chi connectivity index (χ1) is 8.53. The molecule has 0 aliphatic rings. The third-order valence-electron chi connectivity index (χ3n) is 2.22. The molecule has 6 nitrogen and oxygen atoms in total. The maximum atomic E-state index is 12.1.